The maximum Gasteiger partial charge on any atom is 0.408 e. The normalized spacial score (nSPS) is 11.8. The van der Waals surface area contributed by atoms with Crippen LogP contribution >= 0.6 is 15.9 Å². The predicted octanol–water partition coefficient (Wildman–Crippen LogP) is 3.55. The van der Waals surface area contributed by atoms with Crippen molar-refractivity contribution in [1.82, 2.24) is 5.32 Å². The fourth-order valence-electron chi connectivity index (χ4n) is 1.87. The van der Waals surface area contributed by atoms with E-state index in [-0.39, 0.29) is 13.2 Å². The van der Waals surface area contributed by atoms with Crippen LogP contribution in [-0.4, -0.2) is 17.8 Å². The number of benzene rings is 2. The summed E-state index contributed by atoms with van der Waals surface area (Å²) in [6.45, 7) is -0.235. The van der Waals surface area contributed by atoms with Crippen molar-refractivity contribution in [3.8, 4) is 0 Å². The summed E-state index contributed by atoms with van der Waals surface area (Å²) >= 11 is 3.05. The largest absolute Gasteiger partial charge is 0.445 e. The van der Waals surface area contributed by atoms with Crippen LogP contribution in [0.3, 0.4) is 0 Å². The highest BCUT2D eigenvalue weighted by Crippen LogP contribution is 2.20. The van der Waals surface area contributed by atoms with E-state index in [1.54, 1.807) is 6.07 Å². The molecule has 0 aliphatic heterocycles. The van der Waals surface area contributed by atoms with Crippen molar-refractivity contribution in [2.75, 3.05) is 6.61 Å². The summed E-state index contributed by atoms with van der Waals surface area (Å²) < 4.78 is 18.9. The molecular formula is C16H15BrFNO3. The summed E-state index contributed by atoms with van der Waals surface area (Å²) in [5, 5.41) is 11.9. The fourth-order valence-corrected chi connectivity index (χ4v) is 2.12. The molecule has 0 fully saturated rings. The number of hydrogen-bond donors (Lipinski definition) is 2. The number of ether oxygens (including phenoxy) is 1. The zero-order chi connectivity index (χ0) is 15.9. The molecule has 116 valence electrons. The van der Waals surface area contributed by atoms with Crippen LogP contribution < -0.4 is 5.32 Å². The average molecular weight is 368 g/mol. The van der Waals surface area contributed by atoms with Gasteiger partial charge in [-0.2, -0.15) is 0 Å². The number of carbonyl (C=O) groups excluding carboxylic acids is 1. The first-order chi connectivity index (χ1) is 10.6. The average Bonchev–Trinajstić information content (AvgIpc) is 2.54. The molecule has 2 aromatic carbocycles. The summed E-state index contributed by atoms with van der Waals surface area (Å²) in [6, 6.07) is 12.9. The molecule has 2 N–H and O–H groups in total. The van der Waals surface area contributed by atoms with E-state index in [9.17, 15) is 14.3 Å². The minimum absolute atomic E-state index is 0.125. The van der Waals surface area contributed by atoms with Crippen LogP contribution in [0.5, 0.6) is 0 Å². The highest BCUT2D eigenvalue weighted by atomic mass is 79.9. The molecule has 0 saturated carbocycles. The van der Waals surface area contributed by atoms with Gasteiger partial charge in [0.25, 0.3) is 0 Å². The van der Waals surface area contributed by atoms with Gasteiger partial charge in [0.15, 0.2) is 0 Å². The molecule has 0 bridgehead atoms. The summed E-state index contributed by atoms with van der Waals surface area (Å²) in [4.78, 5) is 11.8. The second-order valence-electron chi connectivity index (χ2n) is 4.61. The van der Waals surface area contributed by atoms with Gasteiger partial charge in [0.2, 0.25) is 0 Å². The quantitative estimate of drug-likeness (QED) is 0.849. The number of aliphatic hydroxyl groups excluding tert-OH is 1. The SMILES string of the molecule is O=C(NC(CO)c1ccc(Br)c(F)c1)OCc1ccccc1. The van der Waals surface area contributed by atoms with Gasteiger partial charge in [0, 0.05) is 0 Å². The molecule has 6 heteroatoms. The van der Waals surface area contributed by atoms with Gasteiger partial charge in [-0.15, -0.1) is 0 Å². The molecule has 1 atom stereocenters. The van der Waals surface area contributed by atoms with Crippen molar-refractivity contribution in [3.63, 3.8) is 0 Å². The van der Waals surface area contributed by atoms with Crippen molar-refractivity contribution in [2.24, 2.45) is 0 Å². The number of alkyl carbamates (subject to hydrolysis) is 1. The lowest BCUT2D eigenvalue weighted by Crippen LogP contribution is -2.31. The van der Waals surface area contributed by atoms with Gasteiger partial charge in [0.1, 0.15) is 12.4 Å². The van der Waals surface area contributed by atoms with Crippen LogP contribution in [0.15, 0.2) is 53.0 Å². The summed E-state index contributed by atoms with van der Waals surface area (Å²) in [5.74, 6) is -0.463. The maximum absolute atomic E-state index is 13.5. The molecule has 0 radical (unpaired) electrons. The summed E-state index contributed by atoms with van der Waals surface area (Å²) in [7, 11) is 0. The molecule has 1 amide bonds. The molecule has 0 aromatic heterocycles. The Morgan fingerprint density at radius 3 is 2.64 bits per heavy atom. The number of rotatable bonds is 5. The van der Waals surface area contributed by atoms with E-state index in [1.807, 2.05) is 30.3 Å². The van der Waals surface area contributed by atoms with E-state index in [4.69, 9.17) is 4.74 Å². The van der Waals surface area contributed by atoms with E-state index in [2.05, 4.69) is 21.2 Å². The molecular weight excluding hydrogens is 353 g/mol. The molecule has 1 unspecified atom stereocenters. The molecule has 0 aliphatic rings. The van der Waals surface area contributed by atoms with Crippen molar-refractivity contribution in [3.05, 3.63) is 69.9 Å². The Morgan fingerprint density at radius 1 is 1.27 bits per heavy atom. The number of aliphatic hydroxyl groups is 1. The predicted molar refractivity (Wildman–Crippen MR) is 83.7 cm³/mol. The van der Waals surface area contributed by atoms with Gasteiger partial charge in [-0.3, -0.25) is 0 Å². The van der Waals surface area contributed by atoms with Gasteiger partial charge in [0.05, 0.1) is 17.1 Å². The minimum Gasteiger partial charge on any atom is -0.445 e. The Morgan fingerprint density at radius 2 is 2.00 bits per heavy atom. The topological polar surface area (TPSA) is 58.6 Å². The molecule has 2 aromatic rings. The zero-order valence-corrected chi connectivity index (χ0v) is 13.2. The third-order valence-corrected chi connectivity index (χ3v) is 3.68. The zero-order valence-electron chi connectivity index (χ0n) is 11.6. The third kappa shape index (κ3) is 4.54. The molecule has 0 aliphatic carbocycles. The van der Waals surface area contributed by atoms with Crippen LogP contribution in [0.2, 0.25) is 0 Å². The second kappa shape index (κ2) is 7.91. The van der Waals surface area contributed by atoms with Gasteiger partial charge >= 0.3 is 6.09 Å². The number of amides is 1. The Bertz CT molecular complexity index is 637. The van der Waals surface area contributed by atoms with Crippen molar-refractivity contribution in [1.29, 1.82) is 0 Å². The highest BCUT2D eigenvalue weighted by molar-refractivity contribution is 9.10. The van der Waals surface area contributed by atoms with Gasteiger partial charge in [-0.1, -0.05) is 36.4 Å². The number of carbonyl (C=O) groups is 1. The van der Waals surface area contributed by atoms with Gasteiger partial charge in [-0.05, 0) is 39.2 Å². The fraction of sp³-hybridized carbons (Fsp3) is 0.188. The first-order valence-electron chi connectivity index (χ1n) is 6.63. The van der Waals surface area contributed by atoms with E-state index in [0.717, 1.165) is 5.56 Å². The molecule has 4 nitrogen and oxygen atoms in total. The molecule has 0 heterocycles. The second-order valence-corrected chi connectivity index (χ2v) is 5.47. The summed E-state index contributed by atoms with van der Waals surface area (Å²) in [6.07, 6.45) is -0.675. The van der Waals surface area contributed by atoms with Crippen molar-refractivity contribution in [2.45, 2.75) is 12.6 Å². The Balaban J connectivity index is 1.94. The standard InChI is InChI=1S/C16H15BrFNO3/c17-13-7-6-12(8-14(13)18)15(9-20)19-16(21)22-10-11-4-2-1-3-5-11/h1-8,15,20H,9-10H2,(H,19,21). The monoisotopic (exact) mass is 367 g/mol. The number of nitrogens with one attached hydrogen (secondary N) is 1. The van der Waals surface area contributed by atoms with Crippen LogP contribution in [0.1, 0.15) is 17.2 Å². The molecule has 22 heavy (non-hydrogen) atoms. The third-order valence-electron chi connectivity index (χ3n) is 3.03. The van der Waals surface area contributed by atoms with E-state index in [0.29, 0.717) is 10.0 Å². The minimum atomic E-state index is -0.731. The maximum atomic E-state index is 13.5. The van der Waals surface area contributed by atoms with E-state index < -0.39 is 18.0 Å². The number of halogens is 2. The van der Waals surface area contributed by atoms with E-state index in [1.165, 1.54) is 12.1 Å². The van der Waals surface area contributed by atoms with Crippen molar-refractivity contribution >= 4 is 22.0 Å². The lowest BCUT2D eigenvalue weighted by molar-refractivity contribution is 0.129. The number of hydrogen-bond acceptors (Lipinski definition) is 3. The molecule has 0 spiro atoms. The molecule has 0 saturated heterocycles. The first kappa shape index (κ1) is 16.5. The lowest BCUT2D eigenvalue weighted by atomic mass is 10.1. The Labute approximate surface area is 136 Å². The van der Waals surface area contributed by atoms with Gasteiger partial charge in [-0.25, -0.2) is 9.18 Å². The summed E-state index contributed by atoms with van der Waals surface area (Å²) in [5.41, 5.74) is 1.31. The van der Waals surface area contributed by atoms with E-state index >= 15 is 0 Å². The van der Waals surface area contributed by atoms with Crippen LogP contribution in [0, 0.1) is 5.82 Å². The molecule has 2 rings (SSSR count). The Kier molecular flexibility index (Phi) is 5.91. The van der Waals surface area contributed by atoms with Crippen molar-refractivity contribution < 1.29 is 19.0 Å². The highest BCUT2D eigenvalue weighted by Gasteiger charge is 2.16. The van der Waals surface area contributed by atoms with Gasteiger partial charge < -0.3 is 15.2 Å². The Hall–Kier alpha value is -1.92. The van der Waals surface area contributed by atoms with Crippen LogP contribution in [-0.2, 0) is 11.3 Å². The smallest absolute Gasteiger partial charge is 0.408 e. The van der Waals surface area contributed by atoms with Crippen LogP contribution in [0.4, 0.5) is 9.18 Å². The van der Waals surface area contributed by atoms with Crippen LogP contribution in [0.25, 0.3) is 0 Å². The lowest BCUT2D eigenvalue weighted by Gasteiger charge is -2.17. The first-order valence-corrected chi connectivity index (χ1v) is 7.42.